The minimum absolute atomic E-state index is 0.112. The van der Waals surface area contributed by atoms with Gasteiger partial charge in [0.1, 0.15) is 18.3 Å². The molecule has 0 saturated heterocycles. The van der Waals surface area contributed by atoms with Gasteiger partial charge in [0.2, 0.25) is 0 Å². The van der Waals surface area contributed by atoms with Gasteiger partial charge in [-0.05, 0) is 56.2 Å². The van der Waals surface area contributed by atoms with Crippen LogP contribution in [0.4, 0.5) is 0 Å². The number of hydrogen-bond acceptors (Lipinski definition) is 6. The molecule has 166 valence electrons. The fourth-order valence-corrected chi connectivity index (χ4v) is 3.47. The molecular formula is C24H34O6. The van der Waals surface area contributed by atoms with E-state index in [1.165, 1.54) is 6.08 Å². The number of ether oxygens (including phenoxy) is 1. The van der Waals surface area contributed by atoms with Crippen LogP contribution in [-0.4, -0.2) is 57.4 Å². The predicted octanol–water partition coefficient (Wildman–Crippen LogP) is 2.55. The molecule has 1 aromatic rings. The summed E-state index contributed by atoms with van der Waals surface area (Å²) in [5.74, 6) is -0.606. The van der Waals surface area contributed by atoms with Gasteiger partial charge in [0.25, 0.3) is 0 Å². The minimum Gasteiger partial charge on any atom is -0.458 e. The number of unbranched alkanes of at least 4 members (excludes halogenated alkanes) is 1. The van der Waals surface area contributed by atoms with Crippen molar-refractivity contribution in [3.63, 3.8) is 0 Å². The molecule has 2 rings (SSSR count). The number of carbonyl (C=O) groups excluding carboxylic acids is 1. The average molecular weight is 419 g/mol. The third-order valence-electron chi connectivity index (χ3n) is 5.65. The molecule has 1 unspecified atom stereocenters. The van der Waals surface area contributed by atoms with Gasteiger partial charge in [-0.1, -0.05) is 43.4 Å². The Balaban J connectivity index is 2.49. The van der Waals surface area contributed by atoms with Crippen LogP contribution in [0, 0.1) is 12.8 Å². The summed E-state index contributed by atoms with van der Waals surface area (Å²) in [6.07, 6.45) is 4.71. The van der Waals surface area contributed by atoms with Crippen LogP contribution < -0.4 is 0 Å². The molecule has 0 radical (unpaired) electrons. The van der Waals surface area contributed by atoms with E-state index in [9.17, 15) is 20.1 Å². The van der Waals surface area contributed by atoms with E-state index in [1.54, 1.807) is 25.2 Å². The number of rotatable bonds is 4. The Hall–Kier alpha value is -1.99. The molecule has 4 N–H and O–H groups in total. The molecule has 0 aliphatic carbocycles. The Morgan fingerprint density at radius 2 is 1.83 bits per heavy atom. The van der Waals surface area contributed by atoms with E-state index in [4.69, 9.17) is 9.84 Å². The molecule has 0 bridgehead atoms. The third-order valence-corrected chi connectivity index (χ3v) is 5.65. The summed E-state index contributed by atoms with van der Waals surface area (Å²) in [5.41, 5.74) is 2.97. The summed E-state index contributed by atoms with van der Waals surface area (Å²) in [7, 11) is 0. The van der Waals surface area contributed by atoms with Gasteiger partial charge < -0.3 is 25.2 Å². The maximum absolute atomic E-state index is 13.1. The number of aliphatic hydroxyl groups excluding tert-OH is 4. The van der Waals surface area contributed by atoms with Gasteiger partial charge in [0, 0.05) is 12.5 Å². The molecular weight excluding hydrogens is 384 g/mol. The van der Waals surface area contributed by atoms with E-state index >= 15 is 0 Å². The lowest BCUT2D eigenvalue weighted by Gasteiger charge is -2.23. The number of fused-ring (bicyclic) bond motifs is 1. The highest BCUT2D eigenvalue weighted by Crippen LogP contribution is 2.26. The summed E-state index contributed by atoms with van der Waals surface area (Å²) in [5, 5.41) is 39.7. The molecule has 0 amide bonds. The molecule has 1 aliphatic heterocycles. The zero-order chi connectivity index (χ0) is 22.3. The highest BCUT2D eigenvalue weighted by atomic mass is 16.5. The van der Waals surface area contributed by atoms with Crippen LogP contribution in [-0.2, 0) is 11.2 Å². The molecule has 1 aromatic carbocycles. The first-order valence-electron chi connectivity index (χ1n) is 10.6. The van der Waals surface area contributed by atoms with Crippen LogP contribution in [0.2, 0.25) is 0 Å². The topological polar surface area (TPSA) is 107 Å². The fraction of sp³-hybridized carbons (Fsp3) is 0.542. The van der Waals surface area contributed by atoms with Crippen molar-refractivity contribution in [2.24, 2.45) is 5.92 Å². The lowest BCUT2D eigenvalue weighted by molar-refractivity contribution is -0.0395. The molecule has 0 spiro atoms. The van der Waals surface area contributed by atoms with Crippen LogP contribution in [0.5, 0.6) is 0 Å². The summed E-state index contributed by atoms with van der Waals surface area (Å²) < 4.78 is 5.72. The van der Waals surface area contributed by atoms with Gasteiger partial charge in [0.15, 0.2) is 0 Å². The first kappa shape index (κ1) is 24.3. The maximum atomic E-state index is 13.1. The molecule has 0 saturated carbocycles. The number of aliphatic hydroxyl groups is 4. The number of hydrogen-bond donors (Lipinski definition) is 4. The first-order chi connectivity index (χ1) is 14.3. The molecule has 1 heterocycles. The molecule has 1 aliphatic rings. The Bertz CT molecular complexity index is 769. The molecule has 30 heavy (non-hydrogen) atoms. The highest BCUT2D eigenvalue weighted by Gasteiger charge is 2.25. The first-order valence-corrected chi connectivity index (χ1v) is 10.6. The summed E-state index contributed by atoms with van der Waals surface area (Å²) in [6, 6.07) is 3.87. The largest absolute Gasteiger partial charge is 0.458 e. The monoisotopic (exact) mass is 418 g/mol. The van der Waals surface area contributed by atoms with Crippen LogP contribution >= 0.6 is 0 Å². The molecule has 5 atom stereocenters. The van der Waals surface area contributed by atoms with Crippen molar-refractivity contribution in [1.29, 1.82) is 0 Å². The lowest BCUT2D eigenvalue weighted by atomic mass is 9.92. The van der Waals surface area contributed by atoms with Gasteiger partial charge in [-0.25, -0.2) is 4.79 Å². The zero-order valence-electron chi connectivity index (χ0n) is 18.0. The Morgan fingerprint density at radius 1 is 1.10 bits per heavy atom. The van der Waals surface area contributed by atoms with Gasteiger partial charge in [-0.2, -0.15) is 0 Å². The van der Waals surface area contributed by atoms with Crippen molar-refractivity contribution >= 4 is 12.0 Å². The second-order valence-electron chi connectivity index (χ2n) is 8.05. The van der Waals surface area contributed by atoms with Crippen molar-refractivity contribution in [3.05, 3.63) is 52.6 Å². The maximum Gasteiger partial charge on any atom is 0.339 e. The van der Waals surface area contributed by atoms with Crippen molar-refractivity contribution in [2.45, 2.75) is 70.9 Å². The Kier molecular flexibility index (Phi) is 9.24. The summed E-state index contributed by atoms with van der Waals surface area (Å²) in [4.78, 5) is 13.1. The van der Waals surface area contributed by atoms with Crippen LogP contribution in [0.25, 0.3) is 6.08 Å². The van der Waals surface area contributed by atoms with E-state index in [0.717, 1.165) is 23.1 Å². The summed E-state index contributed by atoms with van der Waals surface area (Å²) >= 11 is 0. The molecule has 0 aromatic heterocycles. The smallest absolute Gasteiger partial charge is 0.339 e. The SMILES string of the molecule is Cc1ccc(CCCCO)c2c1C(=O)O[C@@H](C)[C@H](C)/C=C\C(O)[C@@H](O)[C@@H](O)CC=C2. The van der Waals surface area contributed by atoms with Crippen LogP contribution in [0.3, 0.4) is 0 Å². The van der Waals surface area contributed by atoms with Crippen molar-refractivity contribution in [3.8, 4) is 0 Å². The predicted molar refractivity (Wildman–Crippen MR) is 116 cm³/mol. The van der Waals surface area contributed by atoms with E-state index in [-0.39, 0.29) is 18.9 Å². The van der Waals surface area contributed by atoms with Gasteiger partial charge in [-0.15, -0.1) is 0 Å². The van der Waals surface area contributed by atoms with Crippen molar-refractivity contribution < 1.29 is 30.0 Å². The number of cyclic esters (lactones) is 1. The number of aryl methyl sites for hydroxylation is 2. The standard InChI is InChI=1S/C24H34O6/c1-15-11-13-21(27)23(28)20(26)9-6-8-19-18(7-4-5-14-25)12-10-16(2)22(19)24(29)30-17(15)3/h6,8,10-13,15,17,20-21,23,25-28H,4-5,7,9,14H2,1-3H3/b8-6?,13-11-/t15-,17+,20+,21?,23+/m1/s1. The van der Waals surface area contributed by atoms with Gasteiger partial charge >= 0.3 is 5.97 Å². The fourth-order valence-electron chi connectivity index (χ4n) is 3.47. The molecule has 6 heteroatoms. The zero-order valence-corrected chi connectivity index (χ0v) is 18.0. The van der Waals surface area contributed by atoms with E-state index in [0.29, 0.717) is 18.4 Å². The van der Waals surface area contributed by atoms with Crippen LogP contribution in [0.1, 0.15) is 60.2 Å². The molecule has 0 fully saturated rings. The Labute approximate surface area is 178 Å². The lowest BCUT2D eigenvalue weighted by Crippen LogP contribution is -2.36. The van der Waals surface area contributed by atoms with E-state index < -0.39 is 30.4 Å². The number of esters is 1. The van der Waals surface area contributed by atoms with Crippen LogP contribution in [0.15, 0.2) is 30.4 Å². The normalized spacial score (nSPS) is 29.0. The average Bonchev–Trinajstić information content (AvgIpc) is 2.71. The third kappa shape index (κ3) is 6.25. The number of carbonyl (C=O) groups is 1. The van der Waals surface area contributed by atoms with E-state index in [1.807, 2.05) is 26.0 Å². The Morgan fingerprint density at radius 3 is 2.53 bits per heavy atom. The molecule has 6 nitrogen and oxygen atoms in total. The highest BCUT2D eigenvalue weighted by molar-refractivity contribution is 5.96. The summed E-state index contributed by atoms with van der Waals surface area (Å²) in [6.45, 7) is 5.61. The quantitative estimate of drug-likeness (QED) is 0.340. The minimum atomic E-state index is -1.32. The van der Waals surface area contributed by atoms with Gasteiger partial charge in [0.05, 0.1) is 11.7 Å². The van der Waals surface area contributed by atoms with Crippen molar-refractivity contribution in [2.75, 3.05) is 6.61 Å². The number of benzene rings is 1. The van der Waals surface area contributed by atoms with Crippen molar-refractivity contribution in [1.82, 2.24) is 0 Å². The second kappa shape index (κ2) is 11.4. The second-order valence-corrected chi connectivity index (χ2v) is 8.05. The van der Waals surface area contributed by atoms with E-state index in [2.05, 4.69) is 0 Å². The van der Waals surface area contributed by atoms with Gasteiger partial charge in [-0.3, -0.25) is 0 Å².